The van der Waals surface area contributed by atoms with Crippen molar-refractivity contribution in [2.45, 2.75) is 38.6 Å². The third-order valence-electron chi connectivity index (χ3n) is 4.88. The summed E-state index contributed by atoms with van der Waals surface area (Å²) in [6.45, 7) is 7.04. The number of nitrogens with one attached hydrogen (secondary N) is 1. The normalized spacial score (nSPS) is 12.9. The highest BCUT2D eigenvalue weighted by Gasteiger charge is 2.31. The van der Waals surface area contributed by atoms with E-state index in [-0.39, 0.29) is 10.8 Å². The third kappa shape index (κ3) is 3.55. The molecule has 0 saturated carbocycles. The van der Waals surface area contributed by atoms with Gasteiger partial charge in [0.15, 0.2) is 0 Å². The van der Waals surface area contributed by atoms with Crippen molar-refractivity contribution in [1.82, 2.24) is 19.5 Å². The Kier molecular flexibility index (Phi) is 5.31. The summed E-state index contributed by atoms with van der Waals surface area (Å²) in [5.74, 6) is 1.28. The molecule has 0 bridgehead atoms. The van der Waals surface area contributed by atoms with Crippen LogP contribution in [0.15, 0.2) is 33.6 Å². The van der Waals surface area contributed by atoms with Gasteiger partial charge in [-0.05, 0) is 38.5 Å². The Morgan fingerprint density at radius 1 is 1.11 bits per heavy atom. The molecule has 0 radical (unpaired) electrons. The molecule has 2 aromatic heterocycles. The quantitative estimate of drug-likeness (QED) is 0.678. The Balaban J connectivity index is 2.03. The lowest BCUT2D eigenvalue weighted by Gasteiger charge is -2.16. The van der Waals surface area contributed by atoms with Crippen LogP contribution in [0.5, 0.6) is 5.75 Å². The van der Waals surface area contributed by atoms with Gasteiger partial charge < -0.3 is 13.7 Å². The zero-order chi connectivity index (χ0) is 20.6. The number of rotatable bonds is 6. The summed E-state index contributed by atoms with van der Waals surface area (Å²) in [7, 11) is -0.461. The smallest absolute Gasteiger partial charge is 0.250 e. The Morgan fingerprint density at radius 2 is 1.75 bits per heavy atom. The number of nitrogens with zero attached hydrogens (tertiary/aromatic N) is 3. The number of hydrogen-bond donors (Lipinski definition) is 1. The molecule has 28 heavy (non-hydrogen) atoms. The second kappa shape index (κ2) is 7.40. The first kappa shape index (κ1) is 20.1. The van der Waals surface area contributed by atoms with Gasteiger partial charge in [-0.25, -0.2) is 13.1 Å². The monoisotopic (exact) mass is 404 g/mol. The van der Waals surface area contributed by atoms with Gasteiger partial charge in [0.2, 0.25) is 15.9 Å². The van der Waals surface area contributed by atoms with E-state index in [0.29, 0.717) is 22.9 Å². The molecule has 9 heteroatoms. The van der Waals surface area contributed by atoms with Gasteiger partial charge in [-0.15, -0.1) is 10.2 Å². The number of sulfonamides is 1. The van der Waals surface area contributed by atoms with Crippen molar-refractivity contribution in [3.8, 4) is 17.2 Å². The lowest BCUT2D eigenvalue weighted by molar-refractivity contribution is 0.414. The molecule has 2 heterocycles. The maximum absolute atomic E-state index is 13.3. The van der Waals surface area contributed by atoms with Crippen LogP contribution in [0.2, 0.25) is 0 Å². The molecular weight excluding hydrogens is 380 g/mol. The number of hydrogen-bond acceptors (Lipinski definition) is 6. The highest BCUT2D eigenvalue weighted by Crippen LogP contribution is 2.35. The average Bonchev–Trinajstić information content (AvgIpc) is 3.18. The molecule has 3 aromatic rings. The molecule has 0 fully saturated rings. The molecule has 0 unspecified atom stereocenters. The third-order valence-corrected chi connectivity index (χ3v) is 6.58. The highest BCUT2D eigenvalue weighted by molar-refractivity contribution is 7.89. The first-order chi connectivity index (χ1) is 13.2. The summed E-state index contributed by atoms with van der Waals surface area (Å²) in [6.07, 6.45) is 0. The molecule has 3 rings (SSSR count). The van der Waals surface area contributed by atoms with Gasteiger partial charge in [0.05, 0.1) is 12.7 Å². The Morgan fingerprint density at radius 3 is 2.29 bits per heavy atom. The van der Waals surface area contributed by atoms with E-state index in [1.807, 2.05) is 30.7 Å². The Hall–Kier alpha value is -2.65. The molecule has 0 aliphatic rings. The fourth-order valence-corrected chi connectivity index (χ4v) is 4.90. The summed E-state index contributed by atoms with van der Waals surface area (Å²) in [5, 5.41) is 7.86. The van der Waals surface area contributed by atoms with E-state index in [0.717, 1.165) is 11.3 Å². The number of benzene rings is 1. The molecule has 1 N–H and O–H groups in total. The SMILES string of the molecule is COc1ccc([C@H](C)NS(=O)(=O)c2c(-c3nnc(C)o3)c(C)n(C)c2C)cc1. The summed E-state index contributed by atoms with van der Waals surface area (Å²) >= 11 is 0. The molecule has 0 saturated heterocycles. The molecule has 1 atom stereocenters. The van der Waals surface area contributed by atoms with E-state index in [4.69, 9.17) is 9.15 Å². The minimum absolute atomic E-state index is 0.150. The molecule has 1 aromatic carbocycles. The van der Waals surface area contributed by atoms with Crippen LogP contribution in [-0.2, 0) is 17.1 Å². The summed E-state index contributed by atoms with van der Waals surface area (Å²) in [5.41, 5.74) is 2.58. The van der Waals surface area contributed by atoms with Crippen LogP contribution >= 0.6 is 0 Å². The van der Waals surface area contributed by atoms with Crippen LogP contribution in [0.1, 0.15) is 35.8 Å². The predicted octanol–water partition coefficient (Wildman–Crippen LogP) is 3.05. The summed E-state index contributed by atoms with van der Waals surface area (Å²) in [4.78, 5) is 0.150. The molecule has 0 amide bonds. The van der Waals surface area contributed by atoms with Gasteiger partial charge in [-0.3, -0.25) is 0 Å². The standard InChI is InChI=1S/C19H24N4O4S/c1-11(15-7-9-16(26-6)10-8-15)22-28(24,25)18-13(3)23(5)12(2)17(18)19-21-20-14(4)27-19/h7-11,22H,1-6H3/t11-/m0/s1. The van der Waals surface area contributed by atoms with Gasteiger partial charge in [0, 0.05) is 31.4 Å². The van der Waals surface area contributed by atoms with Crippen molar-refractivity contribution in [2.24, 2.45) is 7.05 Å². The van der Waals surface area contributed by atoms with Crippen LogP contribution in [-0.4, -0.2) is 30.3 Å². The number of methoxy groups -OCH3 is 1. The molecule has 0 aliphatic carbocycles. The zero-order valence-corrected chi connectivity index (χ0v) is 17.6. The van der Waals surface area contributed by atoms with E-state index >= 15 is 0 Å². The number of ether oxygens (including phenoxy) is 1. The van der Waals surface area contributed by atoms with Crippen LogP contribution in [0.4, 0.5) is 0 Å². The van der Waals surface area contributed by atoms with Gasteiger partial charge in [0.25, 0.3) is 5.89 Å². The van der Waals surface area contributed by atoms with E-state index in [1.54, 1.807) is 40.0 Å². The lowest BCUT2D eigenvalue weighted by atomic mass is 10.1. The number of aryl methyl sites for hydroxylation is 1. The largest absolute Gasteiger partial charge is 0.497 e. The molecule has 0 spiro atoms. The van der Waals surface area contributed by atoms with Crippen LogP contribution < -0.4 is 9.46 Å². The van der Waals surface area contributed by atoms with Gasteiger partial charge in [-0.2, -0.15) is 0 Å². The van der Waals surface area contributed by atoms with Crippen LogP contribution in [0.3, 0.4) is 0 Å². The van der Waals surface area contributed by atoms with Crippen LogP contribution in [0.25, 0.3) is 11.5 Å². The highest BCUT2D eigenvalue weighted by atomic mass is 32.2. The van der Waals surface area contributed by atoms with E-state index in [2.05, 4.69) is 14.9 Å². The molecule has 8 nitrogen and oxygen atoms in total. The zero-order valence-electron chi connectivity index (χ0n) is 16.8. The first-order valence-electron chi connectivity index (χ1n) is 8.78. The Labute approximate surface area is 164 Å². The van der Waals surface area contributed by atoms with E-state index < -0.39 is 16.1 Å². The molecular formula is C19H24N4O4S. The van der Waals surface area contributed by atoms with E-state index in [9.17, 15) is 8.42 Å². The van der Waals surface area contributed by atoms with Crippen molar-refractivity contribution in [2.75, 3.05) is 7.11 Å². The summed E-state index contributed by atoms with van der Waals surface area (Å²) < 4.78 is 41.8. The predicted molar refractivity (Wildman–Crippen MR) is 105 cm³/mol. The molecule has 150 valence electrons. The van der Waals surface area contributed by atoms with Gasteiger partial charge in [-0.1, -0.05) is 12.1 Å². The van der Waals surface area contributed by atoms with Gasteiger partial charge in [0.1, 0.15) is 10.6 Å². The average molecular weight is 404 g/mol. The fourth-order valence-electron chi connectivity index (χ4n) is 3.15. The minimum atomic E-state index is -3.86. The first-order valence-corrected chi connectivity index (χ1v) is 10.3. The minimum Gasteiger partial charge on any atom is -0.497 e. The second-order valence-corrected chi connectivity index (χ2v) is 8.33. The molecule has 0 aliphatic heterocycles. The maximum atomic E-state index is 13.3. The van der Waals surface area contributed by atoms with Crippen molar-refractivity contribution in [1.29, 1.82) is 0 Å². The van der Waals surface area contributed by atoms with Crippen molar-refractivity contribution in [3.63, 3.8) is 0 Å². The van der Waals surface area contributed by atoms with Crippen LogP contribution in [0, 0.1) is 20.8 Å². The van der Waals surface area contributed by atoms with Crippen molar-refractivity contribution >= 4 is 10.0 Å². The van der Waals surface area contributed by atoms with Crippen molar-refractivity contribution < 1.29 is 17.6 Å². The second-order valence-electron chi connectivity index (χ2n) is 6.68. The maximum Gasteiger partial charge on any atom is 0.250 e. The fraction of sp³-hybridized carbons (Fsp3) is 0.368. The van der Waals surface area contributed by atoms with Gasteiger partial charge >= 0.3 is 0 Å². The Bertz CT molecular complexity index is 1100. The van der Waals surface area contributed by atoms with E-state index in [1.165, 1.54) is 0 Å². The summed E-state index contributed by atoms with van der Waals surface area (Å²) in [6, 6.07) is 6.82. The lowest BCUT2D eigenvalue weighted by Crippen LogP contribution is -2.27. The van der Waals surface area contributed by atoms with Crippen molar-refractivity contribution in [3.05, 3.63) is 47.1 Å². The topological polar surface area (TPSA) is 99.2 Å². The number of aromatic nitrogens is 3.